The molecule has 0 atom stereocenters. The van der Waals surface area contributed by atoms with Gasteiger partial charge in [-0.3, -0.25) is 9.78 Å². The van der Waals surface area contributed by atoms with Crippen molar-refractivity contribution in [3.63, 3.8) is 0 Å². The zero-order valence-corrected chi connectivity index (χ0v) is 19.4. The van der Waals surface area contributed by atoms with Gasteiger partial charge in [0.05, 0.1) is 5.56 Å². The number of halogens is 5. The average Bonchev–Trinajstić information content (AvgIpc) is 3.44. The monoisotopic (exact) mass is 532 g/mol. The SMILES string of the molecule is O=C(c1nc(-c2ccccn2)no1)c1c(C(F)(F)F)n(Cc2ccc(Cl)cc2Cl)c2ccc(O)cc12. The lowest BCUT2D eigenvalue weighted by atomic mass is 10.1. The molecule has 0 saturated carbocycles. The van der Waals surface area contributed by atoms with Crippen LogP contribution in [0.3, 0.4) is 0 Å². The Kier molecular flexibility index (Phi) is 5.93. The number of rotatable bonds is 5. The molecule has 182 valence electrons. The van der Waals surface area contributed by atoms with Gasteiger partial charge in [0.15, 0.2) is 0 Å². The van der Waals surface area contributed by atoms with Crippen molar-refractivity contribution >= 4 is 39.9 Å². The van der Waals surface area contributed by atoms with Crippen LogP contribution in [0.4, 0.5) is 13.2 Å². The second kappa shape index (κ2) is 8.96. The molecule has 0 aliphatic carbocycles. The third kappa shape index (κ3) is 4.29. The van der Waals surface area contributed by atoms with Gasteiger partial charge in [-0.05, 0) is 48.0 Å². The van der Waals surface area contributed by atoms with Gasteiger partial charge in [0.1, 0.15) is 17.1 Å². The van der Waals surface area contributed by atoms with Crippen molar-refractivity contribution in [2.45, 2.75) is 12.7 Å². The second-order valence-corrected chi connectivity index (χ2v) is 8.56. The highest BCUT2D eigenvalue weighted by molar-refractivity contribution is 6.35. The van der Waals surface area contributed by atoms with Gasteiger partial charge in [0.25, 0.3) is 11.7 Å². The summed E-state index contributed by atoms with van der Waals surface area (Å²) < 4.78 is 49.4. The number of phenols is 1. The summed E-state index contributed by atoms with van der Waals surface area (Å²) in [6, 6.07) is 12.9. The number of fused-ring (bicyclic) bond motifs is 1. The Labute approximate surface area is 210 Å². The van der Waals surface area contributed by atoms with Crippen molar-refractivity contribution in [2.24, 2.45) is 0 Å². The fourth-order valence-electron chi connectivity index (χ4n) is 3.87. The van der Waals surface area contributed by atoms with E-state index in [4.69, 9.17) is 27.7 Å². The van der Waals surface area contributed by atoms with E-state index in [1.54, 1.807) is 18.2 Å². The molecule has 0 bridgehead atoms. The largest absolute Gasteiger partial charge is 0.508 e. The normalized spacial score (nSPS) is 11.8. The first kappa shape index (κ1) is 23.8. The number of aromatic nitrogens is 4. The minimum Gasteiger partial charge on any atom is -0.508 e. The van der Waals surface area contributed by atoms with Crippen LogP contribution >= 0.6 is 23.2 Å². The molecule has 1 N–H and O–H groups in total. The molecule has 2 aromatic carbocycles. The van der Waals surface area contributed by atoms with E-state index in [-0.39, 0.29) is 39.7 Å². The summed E-state index contributed by atoms with van der Waals surface area (Å²) in [5.74, 6) is -2.21. The Bertz CT molecular complexity index is 1610. The van der Waals surface area contributed by atoms with Gasteiger partial charge >= 0.3 is 6.18 Å². The lowest BCUT2D eigenvalue weighted by molar-refractivity contribution is -0.143. The van der Waals surface area contributed by atoms with Crippen molar-refractivity contribution < 1.29 is 27.6 Å². The Hall–Kier alpha value is -3.89. The van der Waals surface area contributed by atoms with E-state index in [9.17, 15) is 23.1 Å². The van der Waals surface area contributed by atoms with Crippen LogP contribution in [0, 0.1) is 0 Å². The minimum atomic E-state index is -4.97. The number of carbonyl (C=O) groups excluding carboxylic acids is 1. The molecule has 3 heterocycles. The average molecular weight is 533 g/mol. The molecule has 0 spiro atoms. The number of alkyl halides is 3. The number of carbonyl (C=O) groups is 1. The van der Waals surface area contributed by atoms with Crippen LogP contribution in [0.25, 0.3) is 22.4 Å². The standard InChI is InChI=1S/C24H13Cl2F3N4O3/c25-13-5-4-12(16(26)9-13)11-33-18-7-6-14(34)10-15(18)19(21(33)24(27,28)29)20(35)23-31-22(32-36-23)17-3-1-2-8-30-17/h1-10,34H,11H2. The number of pyridine rings is 1. The fourth-order valence-corrected chi connectivity index (χ4v) is 4.34. The minimum absolute atomic E-state index is 0.0407. The van der Waals surface area contributed by atoms with Crippen LogP contribution in [0.2, 0.25) is 10.0 Å². The predicted molar refractivity (Wildman–Crippen MR) is 125 cm³/mol. The van der Waals surface area contributed by atoms with E-state index in [1.165, 1.54) is 36.5 Å². The Balaban J connectivity index is 1.71. The molecule has 5 aromatic rings. The summed E-state index contributed by atoms with van der Waals surface area (Å²) in [5, 5.41) is 14.0. The summed E-state index contributed by atoms with van der Waals surface area (Å²) in [5.41, 5.74) is -1.34. The number of ketones is 1. The summed E-state index contributed by atoms with van der Waals surface area (Å²) in [6.45, 7) is -0.331. The Morgan fingerprint density at radius 1 is 1.08 bits per heavy atom. The van der Waals surface area contributed by atoms with Crippen LogP contribution in [0.15, 0.2) is 65.3 Å². The lowest BCUT2D eigenvalue weighted by Gasteiger charge is -2.15. The Morgan fingerprint density at radius 3 is 2.58 bits per heavy atom. The molecule has 12 heteroatoms. The van der Waals surface area contributed by atoms with E-state index >= 15 is 0 Å². The van der Waals surface area contributed by atoms with Crippen molar-refractivity contribution in [1.29, 1.82) is 0 Å². The summed E-state index contributed by atoms with van der Waals surface area (Å²) in [7, 11) is 0. The summed E-state index contributed by atoms with van der Waals surface area (Å²) in [6.07, 6.45) is -3.50. The molecule has 0 unspecified atom stereocenters. The quantitative estimate of drug-likeness (QED) is 0.263. The predicted octanol–water partition coefficient (Wildman–Crippen LogP) is 6.40. The van der Waals surface area contributed by atoms with Crippen LogP contribution in [-0.2, 0) is 12.7 Å². The van der Waals surface area contributed by atoms with Gasteiger partial charge in [-0.25, -0.2) is 0 Å². The number of hydrogen-bond donors (Lipinski definition) is 1. The summed E-state index contributed by atoms with van der Waals surface area (Å²) >= 11 is 12.1. The molecule has 7 nitrogen and oxygen atoms in total. The second-order valence-electron chi connectivity index (χ2n) is 7.71. The molecule has 0 aliphatic rings. The third-order valence-electron chi connectivity index (χ3n) is 5.40. The van der Waals surface area contributed by atoms with E-state index in [0.717, 1.165) is 10.6 Å². The Morgan fingerprint density at radius 2 is 1.89 bits per heavy atom. The summed E-state index contributed by atoms with van der Waals surface area (Å²) in [4.78, 5) is 21.4. The van der Waals surface area contributed by atoms with Gasteiger partial charge in [-0.15, -0.1) is 0 Å². The number of phenolic OH excluding ortho intramolecular Hbond substituents is 1. The molecule has 0 saturated heterocycles. The molecule has 0 amide bonds. The third-order valence-corrected chi connectivity index (χ3v) is 5.99. The van der Waals surface area contributed by atoms with Gasteiger partial charge in [-0.2, -0.15) is 18.2 Å². The first-order valence-electron chi connectivity index (χ1n) is 10.3. The smallest absolute Gasteiger partial charge is 0.432 e. The van der Waals surface area contributed by atoms with Crippen molar-refractivity contribution in [3.05, 3.63) is 93.6 Å². The van der Waals surface area contributed by atoms with Crippen molar-refractivity contribution in [1.82, 2.24) is 19.7 Å². The topological polar surface area (TPSA) is 94.0 Å². The highest BCUT2D eigenvalue weighted by atomic mass is 35.5. The van der Waals surface area contributed by atoms with Gasteiger partial charge in [0, 0.05) is 33.7 Å². The van der Waals surface area contributed by atoms with E-state index < -0.39 is 29.1 Å². The molecule has 5 rings (SSSR count). The van der Waals surface area contributed by atoms with Gasteiger partial charge in [0.2, 0.25) is 5.82 Å². The van der Waals surface area contributed by atoms with Crippen molar-refractivity contribution in [2.75, 3.05) is 0 Å². The van der Waals surface area contributed by atoms with Gasteiger partial charge in [-0.1, -0.05) is 40.5 Å². The number of benzene rings is 2. The van der Waals surface area contributed by atoms with Gasteiger partial charge < -0.3 is 14.2 Å². The molecule has 36 heavy (non-hydrogen) atoms. The maximum absolute atomic E-state index is 14.5. The number of nitrogens with zero attached hydrogens (tertiary/aromatic N) is 4. The lowest BCUT2D eigenvalue weighted by Crippen LogP contribution is -2.19. The molecular formula is C24H13Cl2F3N4O3. The van der Waals surface area contributed by atoms with Crippen LogP contribution in [-0.4, -0.2) is 30.6 Å². The first-order chi connectivity index (χ1) is 17.1. The fraction of sp³-hybridized carbons (Fsp3) is 0.0833. The zero-order chi connectivity index (χ0) is 25.6. The molecular weight excluding hydrogens is 520 g/mol. The molecule has 3 aromatic heterocycles. The van der Waals surface area contributed by atoms with E-state index in [0.29, 0.717) is 10.6 Å². The van der Waals surface area contributed by atoms with Crippen LogP contribution in [0.5, 0.6) is 5.75 Å². The van der Waals surface area contributed by atoms with Crippen molar-refractivity contribution in [3.8, 4) is 17.3 Å². The highest BCUT2D eigenvalue weighted by Crippen LogP contribution is 2.41. The maximum atomic E-state index is 14.5. The first-order valence-corrected chi connectivity index (χ1v) is 11.0. The van der Waals surface area contributed by atoms with E-state index in [1.807, 2.05) is 0 Å². The van der Waals surface area contributed by atoms with Crippen LogP contribution in [0.1, 0.15) is 27.5 Å². The highest BCUT2D eigenvalue weighted by Gasteiger charge is 2.42. The number of aromatic hydroxyl groups is 1. The molecule has 0 radical (unpaired) electrons. The maximum Gasteiger partial charge on any atom is 0.432 e. The molecule has 0 aliphatic heterocycles. The molecule has 0 fully saturated rings. The van der Waals surface area contributed by atoms with Crippen LogP contribution < -0.4 is 0 Å². The van der Waals surface area contributed by atoms with E-state index in [2.05, 4.69) is 15.1 Å². The number of hydrogen-bond acceptors (Lipinski definition) is 6. The zero-order valence-electron chi connectivity index (χ0n) is 17.9.